The van der Waals surface area contributed by atoms with Gasteiger partial charge in [0.1, 0.15) is 5.82 Å². The van der Waals surface area contributed by atoms with Gasteiger partial charge in [0, 0.05) is 46.5 Å². The monoisotopic (exact) mass is 490 g/mol. The molecule has 3 aromatic heterocycles. The Labute approximate surface area is 207 Å². The van der Waals surface area contributed by atoms with Gasteiger partial charge in [0.15, 0.2) is 5.13 Å². The average molecular weight is 491 g/mol. The summed E-state index contributed by atoms with van der Waals surface area (Å²) >= 11 is 3.40. The van der Waals surface area contributed by atoms with Crippen LogP contribution in [0.15, 0.2) is 61.1 Å². The molecule has 0 spiro atoms. The van der Waals surface area contributed by atoms with Crippen LogP contribution in [0.4, 0.5) is 15.7 Å². The second-order valence-corrected chi connectivity index (χ2v) is 10.9. The molecule has 1 aliphatic heterocycles. The van der Waals surface area contributed by atoms with Crippen LogP contribution < -0.4 is 10.6 Å². The number of carbonyl (C=O) groups excluding carboxylic acids is 1. The van der Waals surface area contributed by atoms with E-state index >= 15 is 0 Å². The summed E-state index contributed by atoms with van der Waals surface area (Å²) in [6.45, 7) is 4.27. The number of rotatable bonds is 7. The molecule has 0 aliphatic carbocycles. The molecule has 0 unspecified atom stereocenters. The van der Waals surface area contributed by atoms with Gasteiger partial charge in [0.25, 0.3) is 0 Å². The summed E-state index contributed by atoms with van der Waals surface area (Å²) in [6, 6.07) is 13.8. The molecule has 1 aromatic carbocycles. The summed E-state index contributed by atoms with van der Waals surface area (Å²) in [5.41, 5.74) is 4.35. The molecule has 2 N–H and O–H groups in total. The fourth-order valence-corrected chi connectivity index (χ4v) is 5.67. The number of carbonyl (C=O) groups is 1. The smallest absolute Gasteiger partial charge is 0.292 e. The van der Waals surface area contributed by atoms with Crippen molar-refractivity contribution in [3.63, 3.8) is 0 Å². The minimum Gasteiger partial charge on any atom is -0.292 e. The van der Waals surface area contributed by atoms with Crippen molar-refractivity contribution in [3.8, 4) is 5.69 Å². The van der Waals surface area contributed by atoms with E-state index in [-0.39, 0.29) is 11.4 Å². The Morgan fingerprint density at radius 2 is 1.85 bits per heavy atom. The maximum absolute atomic E-state index is 12.8. The summed E-state index contributed by atoms with van der Waals surface area (Å²) in [5.74, 6) is 2.71. The van der Waals surface area contributed by atoms with E-state index in [0.717, 1.165) is 40.6 Å². The second kappa shape index (κ2) is 9.60. The third-order valence-corrected chi connectivity index (χ3v) is 8.53. The van der Waals surface area contributed by atoms with Crippen LogP contribution in [0, 0.1) is 6.92 Å². The Balaban J connectivity index is 1.28. The minimum absolute atomic E-state index is 0.0343. The van der Waals surface area contributed by atoms with Crippen molar-refractivity contribution in [2.45, 2.75) is 32.1 Å². The molecule has 5 rings (SSSR count). The molecule has 9 heteroatoms. The summed E-state index contributed by atoms with van der Waals surface area (Å²) in [7, 11) is 0. The third kappa shape index (κ3) is 5.00. The van der Waals surface area contributed by atoms with Gasteiger partial charge in [-0.1, -0.05) is 24.6 Å². The van der Waals surface area contributed by atoms with Crippen LogP contribution in [0.2, 0.25) is 0 Å². The molecule has 7 nitrogen and oxygen atoms in total. The molecule has 0 radical (unpaired) electrons. The highest BCUT2D eigenvalue weighted by Gasteiger charge is 2.37. The second-order valence-electron chi connectivity index (χ2n) is 8.78. The number of nitrogens with one attached hydrogen (secondary N) is 2. The lowest BCUT2D eigenvalue weighted by Crippen LogP contribution is -2.37. The van der Waals surface area contributed by atoms with Gasteiger partial charge in [-0.15, -0.1) is 11.3 Å². The van der Waals surface area contributed by atoms with E-state index in [1.807, 2.05) is 65.1 Å². The number of hydrogen-bond donors (Lipinski definition) is 2. The van der Waals surface area contributed by atoms with Crippen molar-refractivity contribution < 1.29 is 4.79 Å². The average Bonchev–Trinajstić information content (AvgIpc) is 3.44. The van der Waals surface area contributed by atoms with E-state index in [4.69, 9.17) is 5.10 Å². The quantitative estimate of drug-likeness (QED) is 0.359. The van der Waals surface area contributed by atoms with Crippen molar-refractivity contribution in [2.24, 2.45) is 0 Å². The lowest BCUT2D eigenvalue weighted by molar-refractivity contribution is 0.262. The molecule has 1 fully saturated rings. The first kappa shape index (κ1) is 22.6. The molecule has 0 bridgehead atoms. The Kier molecular flexibility index (Phi) is 6.38. The third-order valence-electron chi connectivity index (χ3n) is 5.87. The van der Waals surface area contributed by atoms with E-state index in [9.17, 15) is 4.79 Å². The molecule has 0 atom stereocenters. The highest BCUT2D eigenvalue weighted by Crippen LogP contribution is 2.41. The zero-order valence-corrected chi connectivity index (χ0v) is 20.7. The van der Waals surface area contributed by atoms with Gasteiger partial charge in [0.2, 0.25) is 0 Å². The molecule has 2 amide bonds. The van der Waals surface area contributed by atoms with Gasteiger partial charge < -0.3 is 0 Å². The van der Waals surface area contributed by atoms with Crippen LogP contribution in [0.1, 0.15) is 28.6 Å². The number of hydrogen-bond acceptors (Lipinski definition) is 6. The predicted molar refractivity (Wildman–Crippen MR) is 139 cm³/mol. The lowest BCUT2D eigenvalue weighted by Gasteiger charge is -2.35. The van der Waals surface area contributed by atoms with Crippen LogP contribution in [0.25, 0.3) is 5.69 Å². The van der Waals surface area contributed by atoms with Gasteiger partial charge in [-0.25, -0.2) is 14.5 Å². The Morgan fingerprint density at radius 1 is 1.09 bits per heavy atom. The van der Waals surface area contributed by atoms with Crippen molar-refractivity contribution in [2.75, 3.05) is 22.1 Å². The first-order valence-electron chi connectivity index (χ1n) is 11.2. The van der Waals surface area contributed by atoms with E-state index < -0.39 is 0 Å². The van der Waals surface area contributed by atoms with E-state index in [0.29, 0.717) is 10.9 Å². The van der Waals surface area contributed by atoms with Crippen LogP contribution in [0.5, 0.6) is 0 Å². The zero-order valence-electron chi connectivity index (χ0n) is 19.1. The van der Waals surface area contributed by atoms with Crippen molar-refractivity contribution in [1.82, 2.24) is 19.7 Å². The Morgan fingerprint density at radius 3 is 2.56 bits per heavy atom. The molecule has 1 saturated heterocycles. The highest BCUT2D eigenvalue weighted by atomic mass is 32.2. The minimum atomic E-state index is -0.331. The van der Waals surface area contributed by atoms with Crippen LogP contribution in [-0.4, -0.2) is 37.3 Å². The number of nitrogens with zero attached hydrogens (tertiary/aromatic N) is 4. The SMILES string of the molecule is Cc1ccc(-n2nc(C3(C)CSC3)cc2NC(=O)Nc2ncc(CCc3ccncc3)s2)cc1. The maximum Gasteiger partial charge on any atom is 0.326 e. The van der Waals surface area contributed by atoms with Gasteiger partial charge in [0.05, 0.1) is 11.4 Å². The van der Waals surface area contributed by atoms with Gasteiger partial charge in [-0.05, 0) is 49.6 Å². The first-order chi connectivity index (χ1) is 16.5. The number of aromatic nitrogens is 4. The molecule has 0 saturated carbocycles. The summed E-state index contributed by atoms with van der Waals surface area (Å²) < 4.78 is 1.81. The fraction of sp³-hybridized carbons (Fsp3) is 0.280. The number of amides is 2. The summed E-state index contributed by atoms with van der Waals surface area (Å²) in [5, 5.41) is 11.3. The number of thiazole rings is 1. The summed E-state index contributed by atoms with van der Waals surface area (Å²) in [4.78, 5) is 22.4. The highest BCUT2D eigenvalue weighted by molar-refractivity contribution is 8.00. The van der Waals surface area contributed by atoms with E-state index in [1.54, 1.807) is 12.4 Å². The molecular weight excluding hydrogens is 464 g/mol. The largest absolute Gasteiger partial charge is 0.326 e. The number of benzene rings is 1. The van der Waals surface area contributed by atoms with Gasteiger partial charge in [-0.2, -0.15) is 16.9 Å². The van der Waals surface area contributed by atoms with Gasteiger partial charge >= 0.3 is 6.03 Å². The topological polar surface area (TPSA) is 84.7 Å². The van der Waals surface area contributed by atoms with E-state index in [1.165, 1.54) is 22.5 Å². The van der Waals surface area contributed by atoms with Crippen LogP contribution >= 0.6 is 23.1 Å². The number of thioether (sulfide) groups is 1. The fourth-order valence-electron chi connectivity index (χ4n) is 3.75. The maximum atomic E-state index is 12.8. The predicted octanol–water partition coefficient (Wildman–Crippen LogP) is 5.47. The van der Waals surface area contributed by atoms with Crippen molar-refractivity contribution >= 4 is 40.1 Å². The first-order valence-corrected chi connectivity index (χ1v) is 13.1. The van der Waals surface area contributed by atoms with Gasteiger partial charge in [-0.3, -0.25) is 15.6 Å². The zero-order chi connectivity index (χ0) is 23.5. The molecule has 4 heterocycles. The molecule has 34 heavy (non-hydrogen) atoms. The normalized spacial score (nSPS) is 14.4. The van der Waals surface area contributed by atoms with Crippen molar-refractivity contribution in [1.29, 1.82) is 0 Å². The molecule has 1 aliphatic rings. The molecule has 174 valence electrons. The number of urea groups is 1. The lowest BCUT2D eigenvalue weighted by atomic mass is 9.91. The van der Waals surface area contributed by atoms with Crippen LogP contribution in [0.3, 0.4) is 0 Å². The molecule has 4 aromatic rings. The van der Waals surface area contributed by atoms with Crippen LogP contribution in [-0.2, 0) is 18.3 Å². The van der Waals surface area contributed by atoms with E-state index in [2.05, 4.69) is 34.4 Å². The number of pyridine rings is 1. The Bertz CT molecular complexity index is 1280. The number of aryl methyl sites for hydroxylation is 3. The number of anilines is 2. The molecular formula is C25H26N6OS2. The Hall–Kier alpha value is -3.17. The summed E-state index contributed by atoms with van der Waals surface area (Å²) in [6.07, 6.45) is 7.20. The standard InChI is InChI=1S/C25H26N6OS2/c1-17-3-6-19(7-4-17)31-22(13-21(30-31)25(2)15-33-16-25)28-23(32)29-24-27-14-20(34-24)8-5-18-9-11-26-12-10-18/h3-4,6-7,9-14H,5,8,15-16H2,1-2H3,(H2,27,28,29,32). The van der Waals surface area contributed by atoms with Crippen molar-refractivity contribution in [3.05, 3.63) is 82.8 Å².